The first-order chi connectivity index (χ1) is 7.54. The maximum Gasteiger partial charge on any atom is 0.278 e. The van der Waals surface area contributed by atoms with Crippen molar-refractivity contribution in [1.29, 1.82) is 5.26 Å². The molecule has 0 amide bonds. The summed E-state index contributed by atoms with van der Waals surface area (Å²) in [5.74, 6) is 0. The van der Waals surface area contributed by atoms with E-state index in [1.807, 2.05) is 20.2 Å². The number of quaternary nitrogens is 1. The highest BCUT2D eigenvalue weighted by Gasteiger charge is 2.12. The highest BCUT2D eigenvalue weighted by Crippen LogP contribution is 2.20. The van der Waals surface area contributed by atoms with Crippen LogP contribution in [0.3, 0.4) is 0 Å². The molecule has 0 aromatic heterocycles. The van der Waals surface area contributed by atoms with E-state index in [1.165, 1.54) is 6.07 Å². The fourth-order valence-electron chi connectivity index (χ4n) is 1.17. The zero-order chi connectivity index (χ0) is 12.1. The molecule has 1 N–H and O–H groups in total. The van der Waals surface area contributed by atoms with Crippen LogP contribution in [0.25, 0.3) is 6.08 Å². The summed E-state index contributed by atoms with van der Waals surface area (Å²) < 4.78 is 0. The SMILES string of the molecule is C[NH+](C)/C=C/c1ccc(C#N)cc1[N+](=O)[O-]. The average molecular weight is 218 g/mol. The van der Waals surface area contributed by atoms with Crippen LogP contribution in [0.15, 0.2) is 24.4 Å². The molecule has 0 radical (unpaired) electrons. The Balaban J connectivity index is 3.19. The summed E-state index contributed by atoms with van der Waals surface area (Å²) in [6, 6.07) is 6.31. The molecule has 5 nitrogen and oxygen atoms in total. The predicted octanol–water partition coefficient (Wildman–Crippen LogP) is 0.582. The molecule has 0 saturated heterocycles. The van der Waals surface area contributed by atoms with Gasteiger partial charge >= 0.3 is 0 Å². The van der Waals surface area contributed by atoms with E-state index >= 15 is 0 Å². The first kappa shape index (κ1) is 11.9. The van der Waals surface area contributed by atoms with Crippen LogP contribution in [0.5, 0.6) is 0 Å². The molecule has 0 aliphatic carbocycles. The van der Waals surface area contributed by atoms with Gasteiger partial charge in [-0.3, -0.25) is 10.1 Å². The van der Waals surface area contributed by atoms with Crippen molar-refractivity contribution >= 4 is 11.8 Å². The molecule has 0 spiro atoms. The number of nitro benzene ring substituents is 1. The number of rotatable bonds is 3. The standard InChI is InChI=1S/C11H11N3O2/c1-13(2)6-5-10-4-3-9(8-12)7-11(10)14(15)16/h3-7H,1-2H3/p+1/b6-5+. The zero-order valence-corrected chi connectivity index (χ0v) is 9.10. The second-order valence-electron chi connectivity index (χ2n) is 3.55. The van der Waals surface area contributed by atoms with Crippen molar-refractivity contribution in [3.8, 4) is 6.07 Å². The Bertz CT molecular complexity index is 473. The first-order valence-corrected chi connectivity index (χ1v) is 4.71. The smallest absolute Gasteiger partial charge is 0.278 e. The molecule has 0 saturated carbocycles. The van der Waals surface area contributed by atoms with E-state index in [9.17, 15) is 10.1 Å². The van der Waals surface area contributed by atoms with Gasteiger partial charge in [-0.15, -0.1) is 0 Å². The van der Waals surface area contributed by atoms with Gasteiger partial charge in [-0.1, -0.05) is 0 Å². The van der Waals surface area contributed by atoms with E-state index in [2.05, 4.69) is 0 Å². The summed E-state index contributed by atoms with van der Waals surface area (Å²) in [7, 11) is 3.82. The molecule has 5 heteroatoms. The number of hydrogen-bond acceptors (Lipinski definition) is 3. The lowest BCUT2D eigenvalue weighted by atomic mass is 10.1. The van der Waals surface area contributed by atoms with E-state index in [0.29, 0.717) is 11.1 Å². The molecule has 16 heavy (non-hydrogen) atoms. The van der Waals surface area contributed by atoms with E-state index in [0.717, 1.165) is 4.90 Å². The molecule has 0 bridgehead atoms. The number of hydrogen-bond donors (Lipinski definition) is 1. The van der Waals surface area contributed by atoms with Gasteiger partial charge in [0.05, 0.1) is 42.4 Å². The quantitative estimate of drug-likeness (QED) is 0.596. The van der Waals surface area contributed by atoms with Gasteiger partial charge < -0.3 is 4.90 Å². The Hall–Kier alpha value is -2.19. The minimum atomic E-state index is -0.481. The normalized spacial score (nSPS) is 10.6. The lowest BCUT2D eigenvalue weighted by molar-refractivity contribution is -0.800. The second kappa shape index (κ2) is 5.05. The van der Waals surface area contributed by atoms with Crippen molar-refractivity contribution in [2.75, 3.05) is 14.1 Å². The first-order valence-electron chi connectivity index (χ1n) is 4.71. The van der Waals surface area contributed by atoms with Gasteiger partial charge in [-0.25, -0.2) is 0 Å². The minimum absolute atomic E-state index is 0.0449. The Morgan fingerprint density at radius 3 is 2.69 bits per heavy atom. The molecule has 0 aliphatic rings. The Morgan fingerprint density at radius 2 is 2.19 bits per heavy atom. The van der Waals surface area contributed by atoms with Crippen molar-refractivity contribution in [3.63, 3.8) is 0 Å². The summed E-state index contributed by atoms with van der Waals surface area (Å²) in [4.78, 5) is 11.4. The third kappa shape index (κ3) is 2.90. The summed E-state index contributed by atoms with van der Waals surface area (Å²) in [6.45, 7) is 0. The third-order valence-electron chi connectivity index (χ3n) is 1.95. The van der Waals surface area contributed by atoms with Gasteiger partial charge in [0.25, 0.3) is 5.69 Å². The molecule has 1 aromatic carbocycles. The number of benzene rings is 1. The van der Waals surface area contributed by atoms with Crippen LogP contribution in [-0.2, 0) is 0 Å². The summed E-state index contributed by atoms with van der Waals surface area (Å²) in [5.41, 5.74) is 0.753. The predicted molar refractivity (Wildman–Crippen MR) is 59.7 cm³/mol. The van der Waals surface area contributed by atoms with Crippen LogP contribution < -0.4 is 4.90 Å². The maximum absolute atomic E-state index is 10.8. The van der Waals surface area contributed by atoms with Crippen molar-refractivity contribution in [3.05, 3.63) is 45.6 Å². The van der Waals surface area contributed by atoms with Crippen LogP contribution >= 0.6 is 0 Å². The monoisotopic (exact) mass is 218 g/mol. The van der Waals surface area contributed by atoms with E-state index in [-0.39, 0.29) is 5.69 Å². The van der Waals surface area contributed by atoms with Crippen molar-refractivity contribution in [2.24, 2.45) is 0 Å². The minimum Gasteiger partial charge on any atom is -0.313 e. The van der Waals surface area contributed by atoms with Gasteiger partial charge in [0.15, 0.2) is 0 Å². The molecular formula is C11H12N3O2+. The highest BCUT2D eigenvalue weighted by molar-refractivity contribution is 5.62. The topological polar surface area (TPSA) is 71.4 Å². The van der Waals surface area contributed by atoms with Gasteiger partial charge in [0.1, 0.15) is 0 Å². The van der Waals surface area contributed by atoms with Crippen LogP contribution in [0.4, 0.5) is 5.69 Å². The van der Waals surface area contributed by atoms with Crippen LogP contribution in [0.1, 0.15) is 11.1 Å². The van der Waals surface area contributed by atoms with Crippen molar-refractivity contribution < 1.29 is 9.82 Å². The largest absolute Gasteiger partial charge is 0.313 e. The fraction of sp³-hybridized carbons (Fsp3) is 0.182. The van der Waals surface area contributed by atoms with E-state index in [4.69, 9.17) is 5.26 Å². The highest BCUT2D eigenvalue weighted by atomic mass is 16.6. The Labute approximate surface area is 93.4 Å². The van der Waals surface area contributed by atoms with Crippen molar-refractivity contribution in [2.45, 2.75) is 0 Å². The van der Waals surface area contributed by atoms with Gasteiger partial charge in [0, 0.05) is 12.1 Å². The maximum atomic E-state index is 10.8. The Morgan fingerprint density at radius 1 is 1.50 bits per heavy atom. The lowest BCUT2D eigenvalue weighted by Crippen LogP contribution is -3.00. The van der Waals surface area contributed by atoms with Gasteiger partial charge in [0.2, 0.25) is 0 Å². The Kier molecular flexibility index (Phi) is 3.75. The molecule has 0 heterocycles. The summed E-state index contributed by atoms with van der Waals surface area (Å²) >= 11 is 0. The van der Waals surface area contributed by atoms with Crippen LogP contribution in [-0.4, -0.2) is 19.0 Å². The average Bonchev–Trinajstić information content (AvgIpc) is 2.25. The zero-order valence-electron chi connectivity index (χ0n) is 9.10. The molecule has 0 aliphatic heterocycles. The molecule has 82 valence electrons. The van der Waals surface area contributed by atoms with Gasteiger partial charge in [-0.05, 0) is 12.1 Å². The number of nitro groups is 1. The molecular weight excluding hydrogens is 206 g/mol. The molecule has 1 aromatic rings. The number of nitrogens with one attached hydrogen (secondary N) is 1. The number of nitriles is 1. The van der Waals surface area contributed by atoms with Crippen LogP contribution in [0, 0.1) is 21.4 Å². The summed E-state index contributed by atoms with van der Waals surface area (Å²) in [6.07, 6.45) is 3.48. The second-order valence-corrected chi connectivity index (χ2v) is 3.55. The number of nitrogens with zero attached hydrogens (tertiary/aromatic N) is 2. The fourth-order valence-corrected chi connectivity index (χ4v) is 1.17. The van der Waals surface area contributed by atoms with Gasteiger partial charge in [-0.2, -0.15) is 5.26 Å². The van der Waals surface area contributed by atoms with Crippen LogP contribution in [0.2, 0.25) is 0 Å². The molecule has 0 fully saturated rings. The third-order valence-corrected chi connectivity index (χ3v) is 1.95. The lowest BCUT2D eigenvalue weighted by Gasteiger charge is -1.99. The summed E-state index contributed by atoms with van der Waals surface area (Å²) in [5, 5.41) is 19.4. The van der Waals surface area contributed by atoms with E-state index < -0.39 is 4.92 Å². The molecule has 1 rings (SSSR count). The molecule has 0 unspecified atom stereocenters. The molecule has 0 atom stereocenters. The van der Waals surface area contributed by atoms with Crippen molar-refractivity contribution in [1.82, 2.24) is 0 Å². The van der Waals surface area contributed by atoms with E-state index in [1.54, 1.807) is 24.4 Å².